The number of halogens is 2. The van der Waals surface area contributed by atoms with Gasteiger partial charge in [0.05, 0.1) is 21.6 Å². The highest BCUT2D eigenvalue weighted by Crippen LogP contribution is 2.37. The topological polar surface area (TPSA) is 90.7 Å². The minimum atomic E-state index is -1.38. The van der Waals surface area contributed by atoms with E-state index in [1.165, 1.54) is 31.9 Å². The van der Waals surface area contributed by atoms with Gasteiger partial charge in [0.2, 0.25) is 5.43 Å². The number of aromatic carboxylic acids is 1. The molecule has 10 heteroatoms. The number of anilines is 2. The molecule has 2 aliphatic rings. The summed E-state index contributed by atoms with van der Waals surface area (Å²) < 4.78 is 17.2. The Balaban J connectivity index is 1.37. The Labute approximate surface area is 242 Å². The summed E-state index contributed by atoms with van der Waals surface area (Å²) in [6, 6.07) is 15.1. The van der Waals surface area contributed by atoms with Crippen molar-refractivity contribution in [3.63, 3.8) is 0 Å². The van der Waals surface area contributed by atoms with Gasteiger partial charge in [-0.2, -0.15) is 0 Å². The Morgan fingerprint density at radius 1 is 1.05 bits per heavy atom. The van der Waals surface area contributed by atoms with Crippen LogP contribution in [-0.4, -0.2) is 52.8 Å². The highest BCUT2D eigenvalue weighted by atomic mass is 35.5. The lowest BCUT2D eigenvalue weighted by Crippen LogP contribution is -2.47. The molecule has 2 N–H and O–H groups in total. The Kier molecular flexibility index (Phi) is 7.64. The summed E-state index contributed by atoms with van der Waals surface area (Å²) in [5.41, 5.74) is 0.982. The third-order valence-electron chi connectivity index (χ3n) is 8.12. The second-order valence-corrected chi connectivity index (χ2v) is 11.0. The second-order valence-electron chi connectivity index (χ2n) is 10.7. The molecule has 0 atom stereocenters. The lowest BCUT2D eigenvalue weighted by Gasteiger charge is -2.37. The zero-order valence-electron chi connectivity index (χ0n) is 22.5. The van der Waals surface area contributed by atoms with Crippen LogP contribution in [0.5, 0.6) is 0 Å². The van der Waals surface area contributed by atoms with Crippen LogP contribution in [0.2, 0.25) is 5.02 Å². The number of aromatic nitrogens is 2. The van der Waals surface area contributed by atoms with Crippen LogP contribution >= 0.6 is 11.6 Å². The van der Waals surface area contributed by atoms with E-state index in [0.717, 1.165) is 24.0 Å². The first-order valence-electron chi connectivity index (χ1n) is 13.9. The fourth-order valence-corrected chi connectivity index (χ4v) is 6.32. The fourth-order valence-electron chi connectivity index (χ4n) is 5.92. The van der Waals surface area contributed by atoms with E-state index in [9.17, 15) is 14.7 Å². The zero-order chi connectivity index (χ0) is 28.5. The average Bonchev–Trinajstić information content (AvgIpc) is 3.51. The standard InChI is InChI=1S/C31H31ClFN5O3/c32-27-28-23(17-25(33)29(27)37-15-13-36(14-16-37)26-7-3-4-12-34-26)30(39)24(31(40)41)19-38(28)22-10-8-20(9-11-22)18-35-21-5-1-2-6-21/h3-4,7-12,17,19,21,35H,1-2,5-6,13-16,18H2,(H,40,41). The summed E-state index contributed by atoms with van der Waals surface area (Å²) >= 11 is 6.92. The zero-order valence-corrected chi connectivity index (χ0v) is 23.3. The predicted molar refractivity (Wildman–Crippen MR) is 159 cm³/mol. The van der Waals surface area contributed by atoms with E-state index in [0.29, 0.717) is 37.9 Å². The van der Waals surface area contributed by atoms with Crippen molar-refractivity contribution in [2.75, 3.05) is 36.0 Å². The summed E-state index contributed by atoms with van der Waals surface area (Å²) in [5, 5.41) is 13.4. The Hall–Kier alpha value is -3.95. The van der Waals surface area contributed by atoms with Gasteiger partial charge < -0.3 is 24.8 Å². The highest BCUT2D eigenvalue weighted by Gasteiger charge is 2.27. The van der Waals surface area contributed by atoms with Crippen molar-refractivity contribution in [1.29, 1.82) is 0 Å². The van der Waals surface area contributed by atoms with E-state index in [1.54, 1.807) is 10.8 Å². The third kappa shape index (κ3) is 5.39. The number of carboxylic acids is 1. The number of rotatable bonds is 7. The van der Waals surface area contributed by atoms with Crippen LogP contribution in [0.1, 0.15) is 41.6 Å². The molecule has 0 radical (unpaired) electrons. The molecule has 1 aliphatic heterocycles. The first-order valence-corrected chi connectivity index (χ1v) is 14.3. The van der Waals surface area contributed by atoms with Crippen LogP contribution in [0.25, 0.3) is 16.6 Å². The highest BCUT2D eigenvalue weighted by molar-refractivity contribution is 6.38. The predicted octanol–water partition coefficient (Wildman–Crippen LogP) is 5.24. The molecule has 0 bridgehead atoms. The Bertz CT molecular complexity index is 1630. The summed E-state index contributed by atoms with van der Waals surface area (Å²) in [7, 11) is 0. The number of nitrogens with one attached hydrogen (secondary N) is 1. The number of benzene rings is 2. The molecule has 1 saturated heterocycles. The molecule has 3 heterocycles. The van der Waals surface area contributed by atoms with E-state index >= 15 is 4.39 Å². The lowest BCUT2D eigenvalue weighted by atomic mass is 10.1. The van der Waals surface area contributed by atoms with Crippen LogP contribution < -0.4 is 20.5 Å². The summed E-state index contributed by atoms with van der Waals surface area (Å²) in [5.74, 6) is -1.18. The minimum Gasteiger partial charge on any atom is -0.477 e. The molecule has 0 amide bonds. The fraction of sp³-hybridized carbons (Fsp3) is 0.323. The van der Waals surface area contributed by atoms with Crippen LogP contribution in [0, 0.1) is 5.82 Å². The summed E-state index contributed by atoms with van der Waals surface area (Å²) in [6.45, 7) is 2.96. The molecule has 0 unspecified atom stereocenters. The maximum atomic E-state index is 15.6. The molecule has 6 rings (SSSR count). The first-order chi connectivity index (χ1) is 19.9. The van der Waals surface area contributed by atoms with Crippen LogP contribution in [0.4, 0.5) is 15.9 Å². The van der Waals surface area contributed by atoms with Gasteiger partial charge in [-0.15, -0.1) is 0 Å². The monoisotopic (exact) mass is 575 g/mol. The van der Waals surface area contributed by atoms with Gasteiger partial charge in [-0.3, -0.25) is 4.79 Å². The van der Waals surface area contributed by atoms with Gasteiger partial charge in [0, 0.05) is 56.8 Å². The number of carbonyl (C=O) groups is 1. The van der Waals surface area contributed by atoms with Crippen LogP contribution in [0.15, 0.2) is 65.7 Å². The average molecular weight is 576 g/mol. The van der Waals surface area contributed by atoms with E-state index < -0.39 is 22.8 Å². The smallest absolute Gasteiger partial charge is 0.341 e. The number of carboxylic acid groups (broad SMARTS) is 1. The van der Waals surface area contributed by atoms with E-state index in [4.69, 9.17) is 11.6 Å². The maximum Gasteiger partial charge on any atom is 0.341 e. The lowest BCUT2D eigenvalue weighted by molar-refractivity contribution is 0.0695. The van der Waals surface area contributed by atoms with Crippen molar-refractivity contribution in [3.05, 3.63) is 93.1 Å². The van der Waals surface area contributed by atoms with Crippen molar-refractivity contribution >= 4 is 40.0 Å². The molecule has 212 valence electrons. The van der Waals surface area contributed by atoms with Gasteiger partial charge in [-0.05, 0) is 48.7 Å². The van der Waals surface area contributed by atoms with Crippen molar-refractivity contribution in [1.82, 2.24) is 14.9 Å². The van der Waals surface area contributed by atoms with E-state index in [-0.39, 0.29) is 21.6 Å². The van der Waals surface area contributed by atoms with Crippen molar-refractivity contribution in [3.8, 4) is 5.69 Å². The van der Waals surface area contributed by atoms with Gasteiger partial charge in [-0.25, -0.2) is 14.2 Å². The quantitative estimate of drug-likeness (QED) is 0.312. The molecule has 2 fully saturated rings. The third-order valence-corrected chi connectivity index (χ3v) is 8.48. The van der Waals surface area contributed by atoms with Crippen molar-refractivity contribution in [2.45, 2.75) is 38.3 Å². The molecular formula is C31H31ClFN5O3. The Morgan fingerprint density at radius 2 is 1.76 bits per heavy atom. The van der Waals surface area contributed by atoms with Gasteiger partial charge in [0.1, 0.15) is 17.2 Å². The van der Waals surface area contributed by atoms with E-state index in [2.05, 4.69) is 15.2 Å². The number of pyridine rings is 2. The molecule has 8 nitrogen and oxygen atoms in total. The number of hydrogen-bond acceptors (Lipinski definition) is 6. The molecule has 1 aliphatic carbocycles. The number of fused-ring (bicyclic) bond motifs is 1. The van der Waals surface area contributed by atoms with Crippen molar-refractivity contribution < 1.29 is 14.3 Å². The number of hydrogen-bond donors (Lipinski definition) is 2. The molecule has 4 aromatic rings. The molecule has 41 heavy (non-hydrogen) atoms. The van der Waals surface area contributed by atoms with Crippen LogP contribution in [0.3, 0.4) is 0 Å². The van der Waals surface area contributed by atoms with Gasteiger partial charge >= 0.3 is 5.97 Å². The maximum absolute atomic E-state index is 15.6. The minimum absolute atomic E-state index is 0.0738. The largest absolute Gasteiger partial charge is 0.477 e. The second kappa shape index (κ2) is 11.5. The molecule has 2 aromatic heterocycles. The molecular weight excluding hydrogens is 545 g/mol. The molecule has 0 spiro atoms. The number of piperazine rings is 1. The first kappa shape index (κ1) is 27.2. The summed E-state index contributed by atoms with van der Waals surface area (Å²) in [6.07, 6.45) is 7.91. The van der Waals surface area contributed by atoms with Crippen LogP contribution in [-0.2, 0) is 6.54 Å². The van der Waals surface area contributed by atoms with Gasteiger partial charge in [0.15, 0.2) is 0 Å². The Morgan fingerprint density at radius 3 is 2.41 bits per heavy atom. The van der Waals surface area contributed by atoms with Gasteiger partial charge in [-0.1, -0.05) is 42.6 Å². The number of nitrogens with zero attached hydrogens (tertiary/aromatic N) is 4. The van der Waals surface area contributed by atoms with Gasteiger partial charge in [0.25, 0.3) is 0 Å². The normalized spacial score (nSPS) is 16.0. The van der Waals surface area contributed by atoms with Crippen molar-refractivity contribution in [2.24, 2.45) is 0 Å². The molecule has 1 saturated carbocycles. The van der Waals surface area contributed by atoms with E-state index in [1.807, 2.05) is 47.4 Å². The molecule has 2 aromatic carbocycles. The summed E-state index contributed by atoms with van der Waals surface area (Å²) in [4.78, 5) is 33.5. The SMILES string of the molecule is O=C(O)c1cn(-c2ccc(CNC3CCCC3)cc2)c2c(Cl)c(N3CCN(c4ccccn4)CC3)c(F)cc2c1=O.